The van der Waals surface area contributed by atoms with Crippen LogP contribution in [0.25, 0.3) is 0 Å². The van der Waals surface area contributed by atoms with Crippen molar-refractivity contribution < 1.29 is 4.74 Å². The minimum absolute atomic E-state index is 0.0841. The Balaban J connectivity index is 2.62. The Morgan fingerprint density at radius 3 is 2.24 bits per heavy atom. The van der Waals surface area contributed by atoms with Gasteiger partial charge in [0.1, 0.15) is 5.75 Å². The molecule has 2 aromatic rings. The van der Waals surface area contributed by atoms with E-state index in [0.29, 0.717) is 0 Å². The van der Waals surface area contributed by atoms with Gasteiger partial charge in [-0.1, -0.05) is 35.9 Å². The molecule has 1 atom stereocenters. The molecule has 0 aliphatic heterocycles. The van der Waals surface area contributed by atoms with Gasteiger partial charge in [0.25, 0.3) is 0 Å². The molecule has 0 bridgehead atoms. The highest BCUT2D eigenvalue weighted by Crippen LogP contribution is 2.35. The van der Waals surface area contributed by atoms with Crippen molar-refractivity contribution in [2.24, 2.45) is 5.84 Å². The maximum atomic E-state index is 5.86. The number of rotatable bonds is 4. The average Bonchev–Trinajstić information content (AvgIpc) is 2.47. The molecule has 112 valence electrons. The van der Waals surface area contributed by atoms with E-state index in [2.05, 4.69) is 63.5 Å². The number of benzene rings is 2. The molecule has 0 heterocycles. The third kappa shape index (κ3) is 2.94. The van der Waals surface area contributed by atoms with Crippen LogP contribution in [0.1, 0.15) is 39.4 Å². The number of nitrogens with two attached hydrogens (primary N) is 1. The van der Waals surface area contributed by atoms with Gasteiger partial charge in [-0.2, -0.15) is 0 Å². The van der Waals surface area contributed by atoms with Gasteiger partial charge in [0.15, 0.2) is 0 Å². The van der Waals surface area contributed by atoms with Gasteiger partial charge in [-0.15, -0.1) is 0 Å². The lowest BCUT2D eigenvalue weighted by atomic mass is 9.91. The Kier molecular flexibility index (Phi) is 4.66. The van der Waals surface area contributed by atoms with Gasteiger partial charge in [-0.05, 0) is 49.9 Å². The van der Waals surface area contributed by atoms with Gasteiger partial charge in [0.2, 0.25) is 0 Å². The van der Waals surface area contributed by atoms with E-state index < -0.39 is 0 Å². The summed E-state index contributed by atoms with van der Waals surface area (Å²) in [5.41, 5.74) is 9.99. The van der Waals surface area contributed by atoms with E-state index in [0.717, 1.165) is 16.9 Å². The Bertz CT molecular complexity index is 650. The molecule has 1 unspecified atom stereocenters. The first-order chi connectivity index (χ1) is 9.99. The van der Waals surface area contributed by atoms with Gasteiger partial charge in [0.05, 0.1) is 13.2 Å². The third-order valence-corrected chi connectivity index (χ3v) is 4.13. The standard InChI is InChI=1S/C18H24N2O/c1-11-6-7-13(3)16(10-11)17(20-19)15-9-8-12(2)14(4)18(15)21-5/h6-10,17,20H,19H2,1-5H3. The fourth-order valence-electron chi connectivity index (χ4n) is 2.73. The van der Waals surface area contributed by atoms with Crippen molar-refractivity contribution in [3.05, 3.63) is 63.7 Å². The van der Waals surface area contributed by atoms with Crippen LogP contribution >= 0.6 is 0 Å². The summed E-state index contributed by atoms with van der Waals surface area (Å²) in [4.78, 5) is 0. The van der Waals surface area contributed by atoms with Gasteiger partial charge < -0.3 is 4.74 Å². The molecule has 0 aliphatic rings. The van der Waals surface area contributed by atoms with Crippen LogP contribution in [0.15, 0.2) is 30.3 Å². The summed E-state index contributed by atoms with van der Waals surface area (Å²) < 4.78 is 5.64. The number of methoxy groups -OCH3 is 1. The molecule has 0 amide bonds. The maximum absolute atomic E-state index is 5.86. The van der Waals surface area contributed by atoms with E-state index in [4.69, 9.17) is 10.6 Å². The molecule has 0 radical (unpaired) electrons. The van der Waals surface area contributed by atoms with Crippen LogP contribution in [0.4, 0.5) is 0 Å². The van der Waals surface area contributed by atoms with Gasteiger partial charge in [0, 0.05) is 5.56 Å². The normalized spacial score (nSPS) is 12.3. The van der Waals surface area contributed by atoms with Crippen LogP contribution in [0.5, 0.6) is 5.75 Å². The number of hydrazine groups is 1. The van der Waals surface area contributed by atoms with E-state index in [9.17, 15) is 0 Å². The molecule has 0 aromatic heterocycles. The van der Waals surface area contributed by atoms with E-state index in [1.807, 2.05) is 0 Å². The highest BCUT2D eigenvalue weighted by Gasteiger charge is 2.20. The number of hydrogen-bond acceptors (Lipinski definition) is 3. The van der Waals surface area contributed by atoms with Crippen LogP contribution < -0.4 is 16.0 Å². The molecule has 21 heavy (non-hydrogen) atoms. The highest BCUT2D eigenvalue weighted by atomic mass is 16.5. The summed E-state index contributed by atoms with van der Waals surface area (Å²) >= 11 is 0. The van der Waals surface area contributed by atoms with Crippen LogP contribution in [-0.4, -0.2) is 7.11 Å². The molecular formula is C18H24N2O. The summed E-state index contributed by atoms with van der Waals surface area (Å²) in [7, 11) is 1.71. The average molecular weight is 284 g/mol. The van der Waals surface area contributed by atoms with Crippen molar-refractivity contribution in [2.75, 3.05) is 7.11 Å². The van der Waals surface area contributed by atoms with Crippen molar-refractivity contribution in [2.45, 2.75) is 33.7 Å². The Hall–Kier alpha value is -1.84. The quantitative estimate of drug-likeness (QED) is 0.667. The Labute approximate surface area is 127 Å². The van der Waals surface area contributed by atoms with E-state index in [1.54, 1.807) is 7.11 Å². The predicted octanol–water partition coefficient (Wildman–Crippen LogP) is 3.48. The van der Waals surface area contributed by atoms with Crippen molar-refractivity contribution >= 4 is 0 Å². The fraction of sp³-hybridized carbons (Fsp3) is 0.333. The second-order valence-electron chi connectivity index (χ2n) is 5.59. The van der Waals surface area contributed by atoms with E-state index in [-0.39, 0.29) is 6.04 Å². The van der Waals surface area contributed by atoms with Crippen molar-refractivity contribution in [1.29, 1.82) is 0 Å². The topological polar surface area (TPSA) is 47.3 Å². The summed E-state index contributed by atoms with van der Waals surface area (Å²) in [6, 6.07) is 10.5. The van der Waals surface area contributed by atoms with Gasteiger partial charge in [-0.3, -0.25) is 5.84 Å². The molecule has 2 rings (SSSR count). The second-order valence-corrected chi connectivity index (χ2v) is 5.59. The van der Waals surface area contributed by atoms with E-state index in [1.165, 1.54) is 22.3 Å². The van der Waals surface area contributed by atoms with E-state index >= 15 is 0 Å². The van der Waals surface area contributed by atoms with Crippen LogP contribution in [0.3, 0.4) is 0 Å². The minimum atomic E-state index is -0.0841. The molecule has 0 fully saturated rings. The number of nitrogens with one attached hydrogen (secondary N) is 1. The molecule has 3 heteroatoms. The van der Waals surface area contributed by atoms with Crippen molar-refractivity contribution in [3.63, 3.8) is 0 Å². The SMILES string of the molecule is COc1c(C(NN)c2cc(C)ccc2C)ccc(C)c1C. The lowest BCUT2D eigenvalue weighted by Gasteiger charge is -2.23. The monoisotopic (exact) mass is 284 g/mol. The smallest absolute Gasteiger partial charge is 0.127 e. The first-order valence-electron chi connectivity index (χ1n) is 7.17. The molecule has 0 saturated carbocycles. The van der Waals surface area contributed by atoms with Crippen molar-refractivity contribution in [3.8, 4) is 5.75 Å². The number of ether oxygens (including phenoxy) is 1. The zero-order chi connectivity index (χ0) is 15.6. The molecule has 0 aliphatic carbocycles. The summed E-state index contributed by atoms with van der Waals surface area (Å²) in [6.07, 6.45) is 0. The molecule has 3 N–H and O–H groups in total. The predicted molar refractivity (Wildman–Crippen MR) is 87.6 cm³/mol. The highest BCUT2D eigenvalue weighted by molar-refractivity contribution is 5.50. The lowest BCUT2D eigenvalue weighted by molar-refractivity contribution is 0.400. The first kappa shape index (κ1) is 15.5. The van der Waals surface area contributed by atoms with Crippen LogP contribution in [0, 0.1) is 27.7 Å². The van der Waals surface area contributed by atoms with Gasteiger partial charge in [-0.25, -0.2) is 5.43 Å². The van der Waals surface area contributed by atoms with Crippen LogP contribution in [0.2, 0.25) is 0 Å². The van der Waals surface area contributed by atoms with Gasteiger partial charge >= 0.3 is 0 Å². The molecule has 0 spiro atoms. The number of hydrogen-bond donors (Lipinski definition) is 2. The minimum Gasteiger partial charge on any atom is -0.496 e. The first-order valence-corrected chi connectivity index (χ1v) is 7.17. The molecule has 0 saturated heterocycles. The summed E-state index contributed by atoms with van der Waals surface area (Å²) in [6.45, 7) is 8.36. The molecular weight excluding hydrogens is 260 g/mol. The summed E-state index contributed by atoms with van der Waals surface area (Å²) in [5, 5.41) is 0. The maximum Gasteiger partial charge on any atom is 0.127 e. The van der Waals surface area contributed by atoms with Crippen molar-refractivity contribution in [1.82, 2.24) is 5.43 Å². The number of aryl methyl sites for hydroxylation is 3. The summed E-state index contributed by atoms with van der Waals surface area (Å²) in [5.74, 6) is 6.76. The molecule has 2 aromatic carbocycles. The third-order valence-electron chi connectivity index (χ3n) is 4.13. The van der Waals surface area contributed by atoms with Crippen LogP contribution in [-0.2, 0) is 0 Å². The second kappa shape index (κ2) is 6.29. The largest absolute Gasteiger partial charge is 0.496 e. The molecule has 3 nitrogen and oxygen atoms in total. The Morgan fingerprint density at radius 2 is 1.62 bits per heavy atom. The lowest BCUT2D eigenvalue weighted by Crippen LogP contribution is -2.30. The zero-order valence-corrected chi connectivity index (χ0v) is 13.4. The Morgan fingerprint density at radius 1 is 0.952 bits per heavy atom. The zero-order valence-electron chi connectivity index (χ0n) is 13.4. The fourth-order valence-corrected chi connectivity index (χ4v) is 2.73.